The average Bonchev–Trinajstić information content (AvgIpc) is 2.61. The second kappa shape index (κ2) is 7.88. The van der Waals surface area contributed by atoms with E-state index in [9.17, 15) is 38.5 Å². The Labute approximate surface area is 152 Å². The summed E-state index contributed by atoms with van der Waals surface area (Å²) in [6, 6.07) is 8.57. The molecule has 0 saturated heterocycles. The van der Waals surface area contributed by atoms with E-state index < -0.39 is 48.2 Å². The van der Waals surface area contributed by atoms with Crippen LogP contribution in [0.2, 0.25) is 0 Å². The molecule has 142 valence electrons. The molecule has 0 aliphatic rings. The van der Waals surface area contributed by atoms with Crippen LogP contribution in [0.4, 0.5) is 11.4 Å². The Morgan fingerprint density at radius 3 is 2.22 bits per heavy atom. The minimum Gasteiger partial charge on any atom is -0.480 e. The molecule has 0 aliphatic heterocycles. The van der Waals surface area contributed by atoms with E-state index in [2.05, 4.69) is 0 Å². The minimum absolute atomic E-state index is 0.198. The number of nitro groups is 2. The fraction of sp³-hybridized carbons (Fsp3) is 0.133. The largest absolute Gasteiger partial charge is 0.480 e. The van der Waals surface area contributed by atoms with Crippen molar-refractivity contribution in [3.05, 3.63) is 74.3 Å². The third-order valence-corrected chi connectivity index (χ3v) is 5.04. The topological polar surface area (TPSA) is 170 Å². The van der Waals surface area contributed by atoms with Gasteiger partial charge in [-0.15, -0.1) is 0 Å². The van der Waals surface area contributed by atoms with Crippen molar-refractivity contribution in [3.63, 3.8) is 0 Å². The van der Waals surface area contributed by atoms with Crippen LogP contribution in [0.15, 0.2) is 53.4 Å². The van der Waals surface area contributed by atoms with Gasteiger partial charge >= 0.3 is 5.97 Å². The maximum absolute atomic E-state index is 12.5. The quantitative estimate of drug-likeness (QED) is 0.500. The van der Waals surface area contributed by atoms with Gasteiger partial charge in [0, 0.05) is 6.07 Å². The highest BCUT2D eigenvalue weighted by Gasteiger charge is 2.32. The molecule has 0 aromatic heterocycles. The first-order valence-corrected chi connectivity index (χ1v) is 8.82. The second-order valence-electron chi connectivity index (χ2n) is 5.37. The zero-order chi connectivity index (χ0) is 20.2. The van der Waals surface area contributed by atoms with Crippen molar-refractivity contribution in [1.29, 1.82) is 0 Å². The molecule has 0 unspecified atom stereocenters. The van der Waals surface area contributed by atoms with Crippen LogP contribution in [0.5, 0.6) is 0 Å². The summed E-state index contributed by atoms with van der Waals surface area (Å²) >= 11 is 0. The zero-order valence-electron chi connectivity index (χ0n) is 13.5. The van der Waals surface area contributed by atoms with Crippen molar-refractivity contribution in [2.75, 3.05) is 0 Å². The van der Waals surface area contributed by atoms with Crippen molar-refractivity contribution in [1.82, 2.24) is 4.72 Å². The molecule has 12 heteroatoms. The standard InChI is InChI=1S/C15H13N3O8S/c19-15(20)12(8-10-4-2-1-3-5-10)16-27(25,26)14-7-6-11(17(21)22)9-13(14)18(23)24/h1-7,9,12,16H,8H2,(H,19,20)/t12-/m0/s1. The van der Waals surface area contributed by atoms with Crippen LogP contribution >= 0.6 is 0 Å². The number of nitrogens with one attached hydrogen (secondary N) is 1. The van der Waals surface area contributed by atoms with E-state index >= 15 is 0 Å². The van der Waals surface area contributed by atoms with Gasteiger partial charge in [0.05, 0.1) is 15.9 Å². The Kier molecular flexibility index (Phi) is 5.82. The Morgan fingerprint density at radius 1 is 1.07 bits per heavy atom. The van der Waals surface area contributed by atoms with Crippen LogP contribution in [0.3, 0.4) is 0 Å². The molecule has 0 radical (unpaired) electrons. The maximum atomic E-state index is 12.5. The smallest absolute Gasteiger partial charge is 0.322 e. The number of hydrogen-bond acceptors (Lipinski definition) is 7. The van der Waals surface area contributed by atoms with Crippen molar-refractivity contribution in [2.45, 2.75) is 17.4 Å². The SMILES string of the molecule is O=C(O)[C@H](Cc1ccccc1)NS(=O)(=O)c1ccc([N+](=O)[O-])cc1[N+](=O)[O-]. The molecule has 2 rings (SSSR count). The van der Waals surface area contributed by atoms with Crippen LogP contribution in [0, 0.1) is 20.2 Å². The number of aliphatic carboxylic acids is 1. The van der Waals surface area contributed by atoms with E-state index in [4.69, 9.17) is 0 Å². The van der Waals surface area contributed by atoms with E-state index in [1.807, 2.05) is 4.72 Å². The molecule has 1 atom stereocenters. The third-order valence-electron chi connectivity index (χ3n) is 3.52. The van der Waals surface area contributed by atoms with Gasteiger partial charge in [-0.2, -0.15) is 4.72 Å². The van der Waals surface area contributed by atoms with Gasteiger partial charge in [-0.05, 0) is 18.1 Å². The summed E-state index contributed by atoms with van der Waals surface area (Å²) in [6.45, 7) is 0. The number of hydrogen-bond donors (Lipinski definition) is 2. The summed E-state index contributed by atoms with van der Waals surface area (Å²) in [5.41, 5.74) is -1.16. The summed E-state index contributed by atoms with van der Waals surface area (Å²) in [5, 5.41) is 31.2. The molecule has 0 saturated carbocycles. The Morgan fingerprint density at radius 2 is 1.70 bits per heavy atom. The summed E-state index contributed by atoms with van der Waals surface area (Å²) in [5.74, 6) is -1.48. The van der Waals surface area contributed by atoms with Gasteiger partial charge in [0.1, 0.15) is 6.04 Å². The number of nitro benzene ring substituents is 2. The van der Waals surface area contributed by atoms with Gasteiger partial charge in [-0.25, -0.2) is 8.42 Å². The molecule has 0 fully saturated rings. The lowest BCUT2D eigenvalue weighted by molar-refractivity contribution is -0.396. The summed E-state index contributed by atoms with van der Waals surface area (Å²) < 4.78 is 26.9. The number of carbonyl (C=O) groups is 1. The summed E-state index contributed by atoms with van der Waals surface area (Å²) in [7, 11) is -4.64. The predicted octanol–water partition coefficient (Wildman–Crippen LogP) is 1.48. The predicted molar refractivity (Wildman–Crippen MR) is 91.6 cm³/mol. The first-order chi connectivity index (χ1) is 12.6. The van der Waals surface area contributed by atoms with Crippen LogP contribution in [-0.2, 0) is 21.2 Å². The van der Waals surface area contributed by atoms with E-state index in [0.717, 1.165) is 6.07 Å². The lowest BCUT2D eigenvalue weighted by Gasteiger charge is -2.15. The van der Waals surface area contributed by atoms with Crippen LogP contribution < -0.4 is 4.72 Å². The number of sulfonamides is 1. The van der Waals surface area contributed by atoms with Gasteiger partial charge in [-0.3, -0.25) is 25.0 Å². The number of nitrogens with zero attached hydrogens (tertiary/aromatic N) is 2. The highest BCUT2D eigenvalue weighted by molar-refractivity contribution is 7.89. The van der Waals surface area contributed by atoms with Gasteiger partial charge in [0.25, 0.3) is 11.4 Å². The van der Waals surface area contributed by atoms with E-state index in [1.54, 1.807) is 30.3 Å². The van der Waals surface area contributed by atoms with Crippen molar-refractivity contribution in [3.8, 4) is 0 Å². The molecule has 2 aromatic carbocycles. The number of benzene rings is 2. The zero-order valence-corrected chi connectivity index (χ0v) is 14.3. The summed E-state index contributed by atoms with van der Waals surface area (Å²) in [6.07, 6.45) is -0.198. The van der Waals surface area contributed by atoms with Crippen molar-refractivity contribution in [2.24, 2.45) is 0 Å². The highest BCUT2D eigenvalue weighted by atomic mass is 32.2. The molecule has 0 spiro atoms. The molecular formula is C15H13N3O8S. The monoisotopic (exact) mass is 395 g/mol. The lowest BCUT2D eigenvalue weighted by Crippen LogP contribution is -2.42. The molecular weight excluding hydrogens is 382 g/mol. The molecule has 0 heterocycles. The van der Waals surface area contributed by atoms with Crippen LogP contribution in [0.25, 0.3) is 0 Å². The maximum Gasteiger partial charge on any atom is 0.322 e. The second-order valence-corrected chi connectivity index (χ2v) is 7.05. The number of rotatable bonds is 8. The summed E-state index contributed by atoms with van der Waals surface area (Å²) in [4.78, 5) is 30.4. The molecule has 2 N–H and O–H groups in total. The van der Waals surface area contributed by atoms with E-state index in [-0.39, 0.29) is 6.42 Å². The van der Waals surface area contributed by atoms with Gasteiger partial charge in [0.2, 0.25) is 10.0 Å². The van der Waals surface area contributed by atoms with Crippen LogP contribution in [-0.4, -0.2) is 35.4 Å². The molecule has 0 amide bonds. The van der Waals surface area contributed by atoms with E-state index in [1.165, 1.54) is 0 Å². The average molecular weight is 395 g/mol. The van der Waals surface area contributed by atoms with Crippen molar-refractivity contribution < 1.29 is 28.2 Å². The lowest BCUT2D eigenvalue weighted by atomic mass is 10.1. The Hall–Kier alpha value is -3.38. The third kappa shape index (κ3) is 4.83. The first-order valence-electron chi connectivity index (χ1n) is 7.33. The molecule has 0 bridgehead atoms. The first kappa shape index (κ1) is 19.9. The fourth-order valence-electron chi connectivity index (χ4n) is 2.27. The van der Waals surface area contributed by atoms with Crippen LogP contribution in [0.1, 0.15) is 5.56 Å². The fourth-order valence-corrected chi connectivity index (χ4v) is 3.61. The molecule has 27 heavy (non-hydrogen) atoms. The number of carboxylic acid groups (broad SMARTS) is 1. The number of non-ortho nitro benzene ring substituents is 1. The Bertz CT molecular complexity index is 991. The minimum atomic E-state index is -4.64. The van der Waals surface area contributed by atoms with Gasteiger partial charge in [0.15, 0.2) is 4.90 Å². The van der Waals surface area contributed by atoms with E-state index in [0.29, 0.717) is 17.7 Å². The van der Waals surface area contributed by atoms with Crippen molar-refractivity contribution >= 4 is 27.4 Å². The molecule has 11 nitrogen and oxygen atoms in total. The normalized spacial score (nSPS) is 12.3. The molecule has 2 aromatic rings. The Balaban J connectivity index is 2.40. The highest BCUT2D eigenvalue weighted by Crippen LogP contribution is 2.28. The van der Waals surface area contributed by atoms with Gasteiger partial charge < -0.3 is 5.11 Å². The number of carboxylic acids is 1. The van der Waals surface area contributed by atoms with Gasteiger partial charge in [-0.1, -0.05) is 30.3 Å². The molecule has 0 aliphatic carbocycles.